The highest BCUT2D eigenvalue weighted by Gasteiger charge is 2.20. The second-order valence-electron chi connectivity index (χ2n) is 3.43. The van der Waals surface area contributed by atoms with Crippen LogP contribution in [-0.2, 0) is 0 Å². The third kappa shape index (κ3) is 2.26. The van der Waals surface area contributed by atoms with Gasteiger partial charge in [0.25, 0.3) is 0 Å². The zero-order valence-electron chi connectivity index (χ0n) is 8.27. The second-order valence-corrected chi connectivity index (χ2v) is 3.43. The van der Waals surface area contributed by atoms with Gasteiger partial charge < -0.3 is 11.5 Å². The van der Waals surface area contributed by atoms with Crippen molar-refractivity contribution in [2.75, 3.05) is 5.73 Å². The number of anilines is 1. The molecule has 0 fully saturated rings. The summed E-state index contributed by atoms with van der Waals surface area (Å²) >= 11 is 0. The van der Waals surface area contributed by atoms with Gasteiger partial charge >= 0.3 is 0 Å². The van der Waals surface area contributed by atoms with Crippen LogP contribution in [-0.4, -0.2) is 21.8 Å². The van der Waals surface area contributed by atoms with Gasteiger partial charge in [-0.15, -0.1) is 0 Å². The molecule has 0 aliphatic heterocycles. The zero-order chi connectivity index (χ0) is 10.7. The summed E-state index contributed by atoms with van der Waals surface area (Å²) in [6, 6.07) is 0.977. The van der Waals surface area contributed by atoms with E-state index in [1.54, 1.807) is 0 Å². The molecule has 0 aliphatic rings. The maximum absolute atomic E-state index is 11.7. The molecule has 0 aromatic carbocycles. The molecule has 1 aromatic heterocycles. The third-order valence-corrected chi connectivity index (χ3v) is 1.95. The predicted molar refractivity (Wildman–Crippen MR) is 53.6 cm³/mol. The number of ketones is 1. The molecule has 14 heavy (non-hydrogen) atoms. The number of hydrogen-bond donors (Lipinski definition) is 2. The Hall–Kier alpha value is -1.49. The number of nitrogens with two attached hydrogens (primary N) is 2. The third-order valence-electron chi connectivity index (χ3n) is 1.95. The summed E-state index contributed by atoms with van der Waals surface area (Å²) < 4.78 is 0. The molecule has 0 radical (unpaired) electrons. The lowest BCUT2D eigenvalue weighted by atomic mass is 9.99. The molecule has 0 aliphatic carbocycles. The monoisotopic (exact) mass is 194 g/mol. The number of Topliss-reactive ketones (excluding diaryl/α,β-unsaturated/α-hetero) is 1. The Balaban J connectivity index is 2.89. The van der Waals surface area contributed by atoms with Gasteiger partial charge in [0.2, 0.25) is 5.95 Å². The molecule has 0 amide bonds. The van der Waals surface area contributed by atoms with Crippen molar-refractivity contribution in [1.29, 1.82) is 0 Å². The van der Waals surface area contributed by atoms with Crippen LogP contribution in [0.25, 0.3) is 0 Å². The van der Waals surface area contributed by atoms with E-state index in [1.165, 1.54) is 12.3 Å². The Morgan fingerprint density at radius 2 is 2.14 bits per heavy atom. The van der Waals surface area contributed by atoms with E-state index in [2.05, 4.69) is 9.97 Å². The van der Waals surface area contributed by atoms with Crippen LogP contribution in [0.4, 0.5) is 5.95 Å². The van der Waals surface area contributed by atoms with Crippen LogP contribution in [0.2, 0.25) is 0 Å². The van der Waals surface area contributed by atoms with Gasteiger partial charge in [-0.25, -0.2) is 9.97 Å². The zero-order valence-corrected chi connectivity index (χ0v) is 8.27. The standard InChI is InChI=1S/C9H14N4O/c1-5(2)7(10)8(14)6-3-4-12-9(11)13-6/h3-5,7H,10H2,1-2H3,(H2,11,12,13)/t7-/m0/s1. The van der Waals surface area contributed by atoms with E-state index in [4.69, 9.17) is 11.5 Å². The molecule has 5 nitrogen and oxygen atoms in total. The van der Waals surface area contributed by atoms with Crippen molar-refractivity contribution in [2.24, 2.45) is 11.7 Å². The minimum atomic E-state index is -0.538. The van der Waals surface area contributed by atoms with Crippen molar-refractivity contribution in [3.8, 4) is 0 Å². The molecule has 0 spiro atoms. The summed E-state index contributed by atoms with van der Waals surface area (Å²) in [5, 5.41) is 0. The lowest BCUT2D eigenvalue weighted by Gasteiger charge is -2.13. The molecule has 0 saturated carbocycles. The number of carbonyl (C=O) groups is 1. The van der Waals surface area contributed by atoms with Crippen molar-refractivity contribution < 1.29 is 4.79 Å². The number of hydrogen-bond acceptors (Lipinski definition) is 5. The molecule has 0 unspecified atom stereocenters. The van der Waals surface area contributed by atoms with Crippen LogP contribution in [0.15, 0.2) is 12.3 Å². The quantitative estimate of drug-likeness (QED) is 0.671. The summed E-state index contributed by atoms with van der Waals surface area (Å²) in [4.78, 5) is 19.2. The van der Waals surface area contributed by atoms with Crippen LogP contribution >= 0.6 is 0 Å². The molecule has 0 saturated heterocycles. The predicted octanol–water partition coefficient (Wildman–Crippen LogP) is 0.225. The number of nitrogen functional groups attached to an aromatic ring is 1. The van der Waals surface area contributed by atoms with E-state index < -0.39 is 6.04 Å². The Kier molecular flexibility index (Phi) is 3.14. The Bertz CT molecular complexity index is 337. The van der Waals surface area contributed by atoms with Crippen LogP contribution in [0, 0.1) is 5.92 Å². The van der Waals surface area contributed by atoms with E-state index in [9.17, 15) is 4.79 Å². The first-order chi connectivity index (χ1) is 6.52. The van der Waals surface area contributed by atoms with Crippen molar-refractivity contribution in [3.05, 3.63) is 18.0 Å². The first-order valence-corrected chi connectivity index (χ1v) is 4.40. The Labute approximate surface area is 82.5 Å². The summed E-state index contributed by atoms with van der Waals surface area (Å²) in [5.41, 5.74) is 11.3. The maximum Gasteiger partial charge on any atom is 0.220 e. The Morgan fingerprint density at radius 3 is 2.64 bits per heavy atom. The van der Waals surface area contributed by atoms with Crippen LogP contribution < -0.4 is 11.5 Å². The summed E-state index contributed by atoms with van der Waals surface area (Å²) in [6.07, 6.45) is 1.45. The SMILES string of the molecule is CC(C)[C@H](N)C(=O)c1ccnc(N)n1. The van der Waals surface area contributed by atoms with E-state index in [-0.39, 0.29) is 23.3 Å². The molecule has 1 atom stereocenters. The van der Waals surface area contributed by atoms with E-state index in [0.29, 0.717) is 0 Å². The highest BCUT2D eigenvalue weighted by Crippen LogP contribution is 2.06. The fraction of sp³-hybridized carbons (Fsp3) is 0.444. The maximum atomic E-state index is 11.7. The van der Waals surface area contributed by atoms with Crippen molar-refractivity contribution in [2.45, 2.75) is 19.9 Å². The number of aromatic nitrogens is 2. The second kappa shape index (κ2) is 4.15. The van der Waals surface area contributed by atoms with Gasteiger partial charge in [0.15, 0.2) is 5.78 Å². The molecule has 0 bridgehead atoms. The summed E-state index contributed by atoms with van der Waals surface area (Å²) in [7, 11) is 0. The van der Waals surface area contributed by atoms with E-state index >= 15 is 0 Å². The molecule has 1 aromatic rings. The van der Waals surface area contributed by atoms with Crippen molar-refractivity contribution >= 4 is 11.7 Å². The van der Waals surface area contributed by atoms with Gasteiger partial charge in [-0.05, 0) is 12.0 Å². The molecule has 1 rings (SSSR count). The molecule has 5 heteroatoms. The summed E-state index contributed by atoms with van der Waals surface area (Å²) in [6.45, 7) is 3.76. The van der Waals surface area contributed by atoms with Gasteiger partial charge in [-0.2, -0.15) is 0 Å². The smallest absolute Gasteiger partial charge is 0.220 e. The molecule has 1 heterocycles. The van der Waals surface area contributed by atoms with Gasteiger partial charge in [0.1, 0.15) is 5.69 Å². The lowest BCUT2D eigenvalue weighted by Crippen LogP contribution is -2.36. The highest BCUT2D eigenvalue weighted by atomic mass is 16.1. The number of rotatable bonds is 3. The first-order valence-electron chi connectivity index (χ1n) is 4.40. The van der Waals surface area contributed by atoms with Crippen LogP contribution in [0.5, 0.6) is 0 Å². The minimum Gasteiger partial charge on any atom is -0.368 e. The Morgan fingerprint density at radius 1 is 1.50 bits per heavy atom. The van der Waals surface area contributed by atoms with Gasteiger partial charge in [0, 0.05) is 6.20 Å². The largest absolute Gasteiger partial charge is 0.368 e. The normalized spacial score (nSPS) is 12.9. The molecule has 76 valence electrons. The van der Waals surface area contributed by atoms with Crippen LogP contribution in [0.3, 0.4) is 0 Å². The minimum absolute atomic E-state index is 0.0821. The fourth-order valence-electron chi connectivity index (χ4n) is 0.985. The van der Waals surface area contributed by atoms with Crippen LogP contribution in [0.1, 0.15) is 24.3 Å². The average molecular weight is 194 g/mol. The molecular formula is C9H14N4O. The first kappa shape index (κ1) is 10.6. The molecule has 4 N–H and O–H groups in total. The summed E-state index contributed by atoms with van der Waals surface area (Å²) in [5.74, 6) is -0.0282. The van der Waals surface area contributed by atoms with Gasteiger partial charge in [-0.3, -0.25) is 4.79 Å². The van der Waals surface area contributed by atoms with E-state index in [0.717, 1.165) is 0 Å². The van der Waals surface area contributed by atoms with Crippen molar-refractivity contribution in [3.63, 3.8) is 0 Å². The number of carbonyl (C=O) groups excluding carboxylic acids is 1. The fourth-order valence-corrected chi connectivity index (χ4v) is 0.985. The van der Waals surface area contributed by atoms with Gasteiger partial charge in [0.05, 0.1) is 6.04 Å². The van der Waals surface area contributed by atoms with Crippen molar-refractivity contribution in [1.82, 2.24) is 9.97 Å². The average Bonchev–Trinajstić information content (AvgIpc) is 2.15. The molecular weight excluding hydrogens is 180 g/mol. The van der Waals surface area contributed by atoms with E-state index in [1.807, 2.05) is 13.8 Å². The highest BCUT2D eigenvalue weighted by molar-refractivity contribution is 5.98. The number of nitrogens with zero attached hydrogens (tertiary/aromatic N) is 2. The topological polar surface area (TPSA) is 94.9 Å². The lowest BCUT2D eigenvalue weighted by molar-refractivity contribution is 0.0935. The van der Waals surface area contributed by atoms with Gasteiger partial charge in [-0.1, -0.05) is 13.8 Å².